The molecule has 3 heterocycles. The highest BCUT2D eigenvalue weighted by Crippen LogP contribution is 2.34. The van der Waals surface area contributed by atoms with Gasteiger partial charge in [-0.3, -0.25) is 0 Å². The van der Waals surface area contributed by atoms with E-state index in [-0.39, 0.29) is 0 Å². The van der Waals surface area contributed by atoms with Gasteiger partial charge in [0.05, 0.1) is 0 Å². The van der Waals surface area contributed by atoms with Crippen molar-refractivity contribution in [2.45, 2.75) is 45.6 Å². The van der Waals surface area contributed by atoms with Crippen molar-refractivity contribution in [3.05, 3.63) is 35.8 Å². The quantitative estimate of drug-likeness (QED) is 0.903. The van der Waals surface area contributed by atoms with E-state index in [9.17, 15) is 0 Å². The molecule has 2 aliphatic heterocycles. The molecule has 0 saturated carbocycles. The van der Waals surface area contributed by atoms with Crippen molar-refractivity contribution < 1.29 is 9.47 Å². The Hall–Kier alpha value is -2.50. The molecule has 0 spiro atoms. The number of aryl methyl sites for hydroxylation is 1. The van der Waals surface area contributed by atoms with Gasteiger partial charge in [0.1, 0.15) is 11.6 Å². The predicted octanol–water partition coefficient (Wildman–Crippen LogP) is 3.72. The molecule has 138 valence electrons. The maximum Gasteiger partial charge on any atom is 0.231 e. The monoisotopic (exact) mass is 354 g/mol. The van der Waals surface area contributed by atoms with Crippen molar-refractivity contribution in [2.75, 3.05) is 30.1 Å². The zero-order chi connectivity index (χ0) is 18.1. The van der Waals surface area contributed by atoms with Crippen LogP contribution in [0, 0.1) is 6.92 Å². The standard InChI is InChI=1S/C20H26N4O2/c1-13(2)20-21-14(3)9-19(23-20)24-8-4-5-16(11-24)22-15-6-7-17-18(10-15)26-12-25-17/h6-7,9-10,13,16,22H,4-5,8,11-12H2,1-3H3/t16-/m0/s1. The molecule has 6 nitrogen and oxygen atoms in total. The summed E-state index contributed by atoms with van der Waals surface area (Å²) in [6.07, 6.45) is 2.29. The number of nitrogens with zero attached hydrogens (tertiary/aromatic N) is 3. The fourth-order valence-corrected chi connectivity index (χ4v) is 3.52. The van der Waals surface area contributed by atoms with E-state index >= 15 is 0 Å². The van der Waals surface area contributed by atoms with Crippen molar-refractivity contribution in [1.82, 2.24) is 9.97 Å². The molecular formula is C20H26N4O2. The van der Waals surface area contributed by atoms with E-state index in [0.29, 0.717) is 18.8 Å². The molecular weight excluding hydrogens is 328 g/mol. The highest BCUT2D eigenvalue weighted by atomic mass is 16.7. The minimum atomic E-state index is 0.307. The molecule has 6 heteroatoms. The molecule has 26 heavy (non-hydrogen) atoms. The van der Waals surface area contributed by atoms with Crippen molar-refractivity contribution in [3.63, 3.8) is 0 Å². The predicted molar refractivity (Wildman–Crippen MR) is 102 cm³/mol. The normalized spacial score (nSPS) is 19.1. The summed E-state index contributed by atoms with van der Waals surface area (Å²) in [7, 11) is 0. The summed E-state index contributed by atoms with van der Waals surface area (Å²) in [5, 5.41) is 3.64. The van der Waals surface area contributed by atoms with Crippen molar-refractivity contribution in [1.29, 1.82) is 0 Å². The summed E-state index contributed by atoms with van der Waals surface area (Å²) >= 11 is 0. The molecule has 1 N–H and O–H groups in total. The van der Waals surface area contributed by atoms with Gasteiger partial charge in [0.15, 0.2) is 11.5 Å². The molecule has 1 fully saturated rings. The first-order valence-electron chi connectivity index (χ1n) is 9.35. The topological polar surface area (TPSA) is 59.5 Å². The number of aromatic nitrogens is 2. The average molecular weight is 354 g/mol. The van der Waals surface area contributed by atoms with E-state index in [1.54, 1.807) is 0 Å². The van der Waals surface area contributed by atoms with Crippen molar-refractivity contribution in [3.8, 4) is 11.5 Å². The van der Waals surface area contributed by atoms with Gasteiger partial charge in [0.25, 0.3) is 0 Å². The minimum Gasteiger partial charge on any atom is -0.454 e. The molecule has 1 aromatic heterocycles. The van der Waals surface area contributed by atoms with Crippen LogP contribution in [-0.2, 0) is 0 Å². The van der Waals surface area contributed by atoms with Crippen LogP contribution in [0.1, 0.15) is 44.1 Å². The second-order valence-corrected chi connectivity index (χ2v) is 7.38. The number of ether oxygens (including phenoxy) is 2. The first kappa shape index (κ1) is 16.9. The van der Waals surface area contributed by atoms with Gasteiger partial charge in [0, 0.05) is 48.6 Å². The number of hydrogen-bond acceptors (Lipinski definition) is 6. The molecule has 1 saturated heterocycles. The lowest BCUT2D eigenvalue weighted by Crippen LogP contribution is -2.42. The number of rotatable bonds is 4. The third-order valence-electron chi connectivity index (χ3n) is 4.86. The molecule has 0 amide bonds. The first-order chi connectivity index (χ1) is 12.6. The Morgan fingerprint density at radius 3 is 2.85 bits per heavy atom. The zero-order valence-electron chi connectivity index (χ0n) is 15.7. The maximum atomic E-state index is 5.48. The Kier molecular flexibility index (Phi) is 4.57. The van der Waals surface area contributed by atoms with Crippen LogP contribution in [0.3, 0.4) is 0 Å². The van der Waals surface area contributed by atoms with Crippen molar-refractivity contribution in [2.24, 2.45) is 0 Å². The molecule has 0 bridgehead atoms. The third kappa shape index (κ3) is 3.54. The van der Waals surface area contributed by atoms with Crippen LogP contribution < -0.4 is 19.7 Å². The molecule has 0 aliphatic carbocycles. The van der Waals surface area contributed by atoms with Crippen LogP contribution in [0.2, 0.25) is 0 Å². The molecule has 4 rings (SSSR count). The van der Waals surface area contributed by atoms with E-state index in [2.05, 4.69) is 41.2 Å². The highest BCUT2D eigenvalue weighted by Gasteiger charge is 2.23. The molecule has 2 aromatic rings. The average Bonchev–Trinajstić information content (AvgIpc) is 3.09. The second-order valence-electron chi connectivity index (χ2n) is 7.38. The Labute approximate surface area is 154 Å². The summed E-state index contributed by atoms with van der Waals surface area (Å²) in [6.45, 7) is 8.60. The van der Waals surface area contributed by atoms with Gasteiger partial charge in [-0.15, -0.1) is 0 Å². The van der Waals surface area contributed by atoms with Crippen LogP contribution in [0.4, 0.5) is 11.5 Å². The van der Waals surface area contributed by atoms with Gasteiger partial charge < -0.3 is 19.7 Å². The zero-order valence-corrected chi connectivity index (χ0v) is 15.7. The Bertz CT molecular complexity index is 793. The highest BCUT2D eigenvalue weighted by molar-refractivity contribution is 5.56. The molecule has 0 unspecified atom stereocenters. The number of piperidine rings is 1. The summed E-state index contributed by atoms with van der Waals surface area (Å²) in [6, 6.07) is 8.51. The lowest BCUT2D eigenvalue weighted by molar-refractivity contribution is 0.174. The number of anilines is 2. The summed E-state index contributed by atoms with van der Waals surface area (Å²) < 4.78 is 10.9. The second kappa shape index (κ2) is 7.02. The van der Waals surface area contributed by atoms with Gasteiger partial charge in [-0.1, -0.05) is 13.8 Å². The molecule has 0 radical (unpaired) electrons. The molecule has 2 aliphatic rings. The van der Waals surface area contributed by atoms with Crippen LogP contribution in [0.15, 0.2) is 24.3 Å². The smallest absolute Gasteiger partial charge is 0.231 e. The van der Waals surface area contributed by atoms with E-state index < -0.39 is 0 Å². The van der Waals surface area contributed by atoms with Gasteiger partial charge in [-0.2, -0.15) is 0 Å². The van der Waals surface area contributed by atoms with Crippen LogP contribution in [0.25, 0.3) is 0 Å². The number of fused-ring (bicyclic) bond motifs is 1. The van der Waals surface area contributed by atoms with Gasteiger partial charge in [0.2, 0.25) is 6.79 Å². The fraction of sp³-hybridized carbons (Fsp3) is 0.500. The lowest BCUT2D eigenvalue weighted by Gasteiger charge is -2.34. The third-order valence-corrected chi connectivity index (χ3v) is 4.86. The van der Waals surface area contributed by atoms with E-state index in [1.165, 1.54) is 0 Å². The van der Waals surface area contributed by atoms with Gasteiger partial charge in [-0.25, -0.2) is 9.97 Å². The van der Waals surface area contributed by atoms with E-state index in [1.807, 2.05) is 19.1 Å². The summed E-state index contributed by atoms with van der Waals surface area (Å²) in [4.78, 5) is 11.7. The Morgan fingerprint density at radius 2 is 2.00 bits per heavy atom. The number of nitrogens with one attached hydrogen (secondary N) is 1. The largest absolute Gasteiger partial charge is 0.454 e. The summed E-state index contributed by atoms with van der Waals surface area (Å²) in [5.74, 6) is 3.93. The van der Waals surface area contributed by atoms with Crippen molar-refractivity contribution >= 4 is 11.5 Å². The fourth-order valence-electron chi connectivity index (χ4n) is 3.52. The Balaban J connectivity index is 1.47. The molecule has 1 atom stereocenters. The summed E-state index contributed by atoms with van der Waals surface area (Å²) in [5.41, 5.74) is 2.10. The number of benzene rings is 1. The maximum absolute atomic E-state index is 5.48. The number of hydrogen-bond donors (Lipinski definition) is 1. The van der Waals surface area contributed by atoms with Crippen LogP contribution in [0.5, 0.6) is 11.5 Å². The molecule has 1 aromatic carbocycles. The van der Waals surface area contributed by atoms with E-state index in [4.69, 9.17) is 14.5 Å². The van der Waals surface area contributed by atoms with E-state index in [0.717, 1.165) is 60.5 Å². The van der Waals surface area contributed by atoms with Gasteiger partial charge >= 0.3 is 0 Å². The van der Waals surface area contributed by atoms with Crippen LogP contribution >= 0.6 is 0 Å². The Morgan fingerprint density at radius 1 is 1.15 bits per heavy atom. The minimum absolute atomic E-state index is 0.307. The van der Waals surface area contributed by atoms with Crippen LogP contribution in [-0.4, -0.2) is 35.9 Å². The lowest BCUT2D eigenvalue weighted by atomic mass is 10.0. The van der Waals surface area contributed by atoms with Gasteiger partial charge in [-0.05, 0) is 31.9 Å². The first-order valence-corrected chi connectivity index (χ1v) is 9.35. The SMILES string of the molecule is Cc1cc(N2CCC[C@H](Nc3ccc4c(c3)OCO4)C2)nc(C(C)C)n1.